The maximum absolute atomic E-state index is 12.7. The second kappa shape index (κ2) is 6.24. The number of aromatic nitrogens is 3. The summed E-state index contributed by atoms with van der Waals surface area (Å²) in [5, 5.41) is 8.86. The van der Waals surface area contributed by atoms with Crippen LogP contribution in [0.15, 0.2) is 53.4 Å². The zero-order valence-corrected chi connectivity index (χ0v) is 15.6. The number of nitrogens with zero attached hydrogens (tertiary/aromatic N) is 3. The molecule has 1 amide bonds. The molecule has 0 spiro atoms. The van der Waals surface area contributed by atoms with Crippen LogP contribution in [0.4, 0.5) is 5.82 Å². The molecule has 0 saturated carbocycles. The molecule has 5 heterocycles. The summed E-state index contributed by atoms with van der Waals surface area (Å²) in [6.07, 6.45) is 1.70. The van der Waals surface area contributed by atoms with Gasteiger partial charge in [-0.3, -0.25) is 9.78 Å². The third-order valence-corrected chi connectivity index (χ3v) is 6.83. The van der Waals surface area contributed by atoms with E-state index in [1.807, 2.05) is 47.2 Å². The van der Waals surface area contributed by atoms with E-state index in [0.29, 0.717) is 22.2 Å². The molecule has 0 fully saturated rings. The third kappa shape index (κ3) is 2.68. The summed E-state index contributed by atoms with van der Waals surface area (Å²) in [4.78, 5) is 27.7. The van der Waals surface area contributed by atoms with E-state index in [-0.39, 0.29) is 5.91 Å². The van der Waals surface area contributed by atoms with Crippen molar-refractivity contribution in [3.8, 4) is 11.5 Å². The lowest BCUT2D eigenvalue weighted by Gasteiger charge is -2.07. The van der Waals surface area contributed by atoms with Gasteiger partial charge in [-0.25, -0.2) is 9.97 Å². The molecular formula is C18H10N4OS3. The van der Waals surface area contributed by atoms with Gasteiger partial charge in [-0.1, -0.05) is 6.07 Å². The van der Waals surface area contributed by atoms with Gasteiger partial charge in [0.15, 0.2) is 5.82 Å². The maximum Gasteiger partial charge on any atom is 0.266 e. The fraction of sp³-hybridized carbons (Fsp3) is 0. The Labute approximate surface area is 160 Å². The topological polar surface area (TPSA) is 67.8 Å². The molecule has 0 atom stereocenters. The van der Waals surface area contributed by atoms with Crippen LogP contribution in [0, 0.1) is 0 Å². The first-order valence-electron chi connectivity index (χ1n) is 7.73. The highest BCUT2D eigenvalue weighted by Gasteiger charge is 2.16. The molecule has 0 aromatic carbocycles. The molecule has 126 valence electrons. The van der Waals surface area contributed by atoms with Gasteiger partial charge >= 0.3 is 0 Å². The number of hydrogen-bond acceptors (Lipinski definition) is 7. The van der Waals surface area contributed by atoms with Gasteiger partial charge in [-0.15, -0.1) is 34.0 Å². The Hall–Kier alpha value is -2.68. The van der Waals surface area contributed by atoms with Crippen LogP contribution in [0.5, 0.6) is 0 Å². The van der Waals surface area contributed by atoms with Crippen molar-refractivity contribution in [3.63, 3.8) is 0 Å². The molecule has 26 heavy (non-hydrogen) atoms. The molecule has 1 N–H and O–H groups in total. The number of pyridine rings is 1. The first-order valence-corrected chi connectivity index (χ1v) is 10.3. The van der Waals surface area contributed by atoms with Crippen LogP contribution < -0.4 is 5.32 Å². The van der Waals surface area contributed by atoms with Crippen molar-refractivity contribution < 1.29 is 4.79 Å². The standard InChI is InChI=1S/C18H10N4OS3/c23-16(13-9-10-4-7-25-18(10)26-13)21-14-11-5-8-24-17(11)22-15(20-14)12-3-1-2-6-19-12/h1-9H,(H,20,21,22,23). The summed E-state index contributed by atoms with van der Waals surface area (Å²) < 4.78 is 1.15. The quantitative estimate of drug-likeness (QED) is 0.452. The fourth-order valence-electron chi connectivity index (χ4n) is 2.61. The summed E-state index contributed by atoms with van der Waals surface area (Å²) in [7, 11) is 0. The summed E-state index contributed by atoms with van der Waals surface area (Å²) in [6, 6.07) is 11.4. The Morgan fingerprint density at radius 3 is 2.81 bits per heavy atom. The van der Waals surface area contributed by atoms with Gasteiger partial charge in [0, 0.05) is 11.6 Å². The zero-order chi connectivity index (χ0) is 17.5. The van der Waals surface area contributed by atoms with E-state index in [9.17, 15) is 4.79 Å². The van der Waals surface area contributed by atoms with Crippen molar-refractivity contribution in [2.75, 3.05) is 5.32 Å². The monoisotopic (exact) mass is 394 g/mol. The Morgan fingerprint density at radius 2 is 1.96 bits per heavy atom. The van der Waals surface area contributed by atoms with Crippen LogP contribution in [-0.4, -0.2) is 20.9 Å². The highest BCUT2D eigenvalue weighted by atomic mass is 32.2. The molecular weight excluding hydrogens is 384 g/mol. The summed E-state index contributed by atoms with van der Waals surface area (Å²) in [5.41, 5.74) is 0.676. The Bertz CT molecular complexity index is 1210. The average molecular weight is 395 g/mol. The van der Waals surface area contributed by atoms with Gasteiger partial charge in [0.1, 0.15) is 16.3 Å². The second-order valence-corrected chi connectivity index (χ2v) is 8.60. The van der Waals surface area contributed by atoms with E-state index in [2.05, 4.69) is 20.3 Å². The molecule has 5 nitrogen and oxygen atoms in total. The molecule has 5 aromatic heterocycles. The fourth-order valence-corrected chi connectivity index (χ4v) is 5.37. The normalized spacial score (nSPS) is 11.2. The molecule has 5 rings (SSSR count). The number of thiophene rings is 3. The Kier molecular flexibility index (Phi) is 3.74. The van der Waals surface area contributed by atoms with Crippen LogP contribution in [0.3, 0.4) is 0 Å². The lowest BCUT2D eigenvalue weighted by atomic mass is 10.3. The minimum absolute atomic E-state index is 0.156. The number of nitrogens with one attached hydrogen (secondary N) is 1. The van der Waals surface area contributed by atoms with Crippen molar-refractivity contribution in [2.45, 2.75) is 0 Å². The number of carbonyl (C=O) groups excluding carboxylic acids is 1. The molecule has 8 heteroatoms. The summed E-state index contributed by atoms with van der Waals surface area (Å²) in [6.45, 7) is 0. The first kappa shape index (κ1) is 15.6. The van der Waals surface area contributed by atoms with Crippen molar-refractivity contribution in [2.24, 2.45) is 0 Å². The SMILES string of the molecule is O=C(Nc1nc(-c2ccccn2)nc2sccc12)c1cc2ccsc2s1. The highest BCUT2D eigenvalue weighted by molar-refractivity contribution is 7.38. The lowest BCUT2D eigenvalue weighted by Crippen LogP contribution is -2.12. The number of rotatable bonds is 3. The summed E-state index contributed by atoms with van der Waals surface area (Å²) >= 11 is 4.65. The van der Waals surface area contributed by atoms with Gasteiger partial charge in [-0.2, -0.15) is 0 Å². The van der Waals surface area contributed by atoms with Gasteiger partial charge < -0.3 is 5.32 Å². The smallest absolute Gasteiger partial charge is 0.266 e. The van der Waals surface area contributed by atoms with Gasteiger partial charge in [0.05, 0.1) is 14.3 Å². The van der Waals surface area contributed by atoms with Crippen LogP contribution in [0.2, 0.25) is 0 Å². The number of hydrogen-bond donors (Lipinski definition) is 1. The molecule has 0 radical (unpaired) electrons. The van der Waals surface area contributed by atoms with E-state index in [1.54, 1.807) is 17.5 Å². The zero-order valence-electron chi connectivity index (χ0n) is 13.2. The molecule has 0 saturated heterocycles. The Morgan fingerprint density at radius 1 is 1.04 bits per heavy atom. The highest BCUT2D eigenvalue weighted by Crippen LogP contribution is 2.32. The largest absolute Gasteiger partial charge is 0.305 e. The molecule has 0 aliphatic carbocycles. The van der Waals surface area contributed by atoms with Crippen LogP contribution in [0.25, 0.3) is 31.1 Å². The van der Waals surface area contributed by atoms with Crippen LogP contribution in [0.1, 0.15) is 9.67 Å². The predicted molar refractivity (Wildman–Crippen MR) is 108 cm³/mol. The lowest BCUT2D eigenvalue weighted by molar-refractivity contribution is 0.103. The van der Waals surface area contributed by atoms with Crippen molar-refractivity contribution in [3.05, 3.63) is 58.2 Å². The van der Waals surface area contributed by atoms with E-state index in [0.717, 1.165) is 19.6 Å². The molecule has 0 aliphatic heterocycles. The van der Waals surface area contributed by atoms with Gasteiger partial charge in [0.2, 0.25) is 0 Å². The van der Waals surface area contributed by atoms with Crippen LogP contribution >= 0.6 is 34.0 Å². The minimum Gasteiger partial charge on any atom is -0.305 e. The molecule has 0 aliphatic rings. The van der Waals surface area contributed by atoms with Crippen molar-refractivity contribution >= 4 is 65.4 Å². The molecule has 0 unspecified atom stereocenters. The average Bonchev–Trinajstić information content (AvgIpc) is 3.38. The van der Waals surface area contributed by atoms with Gasteiger partial charge in [0.25, 0.3) is 5.91 Å². The number of anilines is 1. The maximum atomic E-state index is 12.7. The summed E-state index contributed by atoms with van der Waals surface area (Å²) in [5.74, 6) is 0.859. The third-order valence-electron chi connectivity index (χ3n) is 3.82. The minimum atomic E-state index is -0.156. The number of fused-ring (bicyclic) bond motifs is 2. The van der Waals surface area contributed by atoms with Crippen LogP contribution in [-0.2, 0) is 0 Å². The first-order chi connectivity index (χ1) is 12.8. The molecule has 0 bridgehead atoms. The van der Waals surface area contributed by atoms with E-state index in [1.165, 1.54) is 22.7 Å². The van der Waals surface area contributed by atoms with E-state index >= 15 is 0 Å². The second-order valence-electron chi connectivity index (χ2n) is 5.48. The predicted octanol–water partition coefficient (Wildman–Crippen LogP) is 5.28. The number of amides is 1. The Balaban J connectivity index is 1.56. The van der Waals surface area contributed by atoms with Crippen molar-refractivity contribution in [1.29, 1.82) is 0 Å². The van der Waals surface area contributed by atoms with Crippen molar-refractivity contribution in [1.82, 2.24) is 15.0 Å². The van der Waals surface area contributed by atoms with Gasteiger partial charge in [-0.05, 0) is 41.1 Å². The number of carbonyl (C=O) groups is 1. The molecule has 5 aromatic rings. The van der Waals surface area contributed by atoms with E-state index in [4.69, 9.17) is 0 Å². The van der Waals surface area contributed by atoms with E-state index < -0.39 is 0 Å².